The summed E-state index contributed by atoms with van der Waals surface area (Å²) in [4.78, 5) is 0. The van der Waals surface area contributed by atoms with Gasteiger partial charge in [0.25, 0.3) is 0 Å². The molecule has 82 valence electrons. The van der Waals surface area contributed by atoms with Gasteiger partial charge in [0.1, 0.15) is 9.84 Å². The molecule has 0 aromatic heterocycles. The highest BCUT2D eigenvalue weighted by Crippen LogP contribution is 2.20. The lowest BCUT2D eigenvalue weighted by Gasteiger charge is -2.17. The van der Waals surface area contributed by atoms with Crippen LogP contribution in [-0.2, 0) is 9.84 Å². The lowest BCUT2D eigenvalue weighted by molar-refractivity contribution is 0.592. The normalized spacial score (nSPS) is 23.3. The molecule has 14 heavy (non-hydrogen) atoms. The van der Waals surface area contributed by atoms with Gasteiger partial charge >= 0.3 is 0 Å². The number of nitrogens with two attached hydrogens (primary N) is 1. The van der Waals surface area contributed by atoms with Crippen molar-refractivity contribution in [2.45, 2.75) is 38.1 Å². The lowest BCUT2D eigenvalue weighted by atomic mass is 9.94. The van der Waals surface area contributed by atoms with Crippen LogP contribution in [0, 0.1) is 0 Å². The smallest absolute Gasteiger partial charge is 0.147 e. The fraction of sp³-hybridized carbons (Fsp3) is 0.800. The van der Waals surface area contributed by atoms with E-state index in [0.717, 1.165) is 32.1 Å². The molecule has 0 amide bonds. The Hall–Kier alpha value is -0.350. The van der Waals surface area contributed by atoms with Crippen molar-refractivity contribution in [2.24, 2.45) is 5.73 Å². The first-order chi connectivity index (χ1) is 6.47. The van der Waals surface area contributed by atoms with Gasteiger partial charge in [-0.1, -0.05) is 11.6 Å². The summed E-state index contributed by atoms with van der Waals surface area (Å²) in [6, 6.07) is 0.192. The second-order valence-corrected chi connectivity index (χ2v) is 6.37. The van der Waals surface area contributed by atoms with Gasteiger partial charge in [0.2, 0.25) is 0 Å². The van der Waals surface area contributed by atoms with Crippen LogP contribution in [0.5, 0.6) is 0 Å². The Morgan fingerprint density at radius 3 is 2.86 bits per heavy atom. The van der Waals surface area contributed by atoms with Crippen LogP contribution in [0.2, 0.25) is 0 Å². The average Bonchev–Trinajstić information content (AvgIpc) is 2.01. The van der Waals surface area contributed by atoms with E-state index in [-0.39, 0.29) is 6.04 Å². The highest BCUT2D eigenvalue weighted by atomic mass is 32.2. The Bertz CT molecular complexity index is 306. The number of hydrogen-bond acceptors (Lipinski definition) is 3. The van der Waals surface area contributed by atoms with Crippen molar-refractivity contribution in [1.29, 1.82) is 0 Å². The molecule has 0 aliphatic heterocycles. The Labute approximate surface area is 86.3 Å². The minimum Gasteiger partial charge on any atom is -0.324 e. The predicted octanol–water partition coefficient (Wildman–Crippen LogP) is 1.25. The van der Waals surface area contributed by atoms with Crippen LogP contribution in [0.25, 0.3) is 0 Å². The summed E-state index contributed by atoms with van der Waals surface area (Å²) in [5.41, 5.74) is 7.13. The molecule has 1 unspecified atom stereocenters. The van der Waals surface area contributed by atoms with Gasteiger partial charge in [-0.05, 0) is 32.1 Å². The number of rotatable bonds is 4. The predicted molar refractivity (Wildman–Crippen MR) is 58.9 cm³/mol. The molecule has 0 heterocycles. The molecule has 0 spiro atoms. The molecule has 3 nitrogen and oxygen atoms in total. The van der Waals surface area contributed by atoms with E-state index in [1.54, 1.807) is 0 Å². The summed E-state index contributed by atoms with van der Waals surface area (Å²) in [6.07, 6.45) is 8.32. The van der Waals surface area contributed by atoms with Crippen molar-refractivity contribution < 1.29 is 8.42 Å². The molecule has 0 aromatic carbocycles. The van der Waals surface area contributed by atoms with E-state index in [1.165, 1.54) is 11.8 Å². The van der Waals surface area contributed by atoms with E-state index in [9.17, 15) is 8.42 Å². The number of hydrogen-bond donors (Lipinski definition) is 1. The first kappa shape index (κ1) is 11.7. The SMILES string of the molecule is CS(=O)(=O)CCCC1=CC(N)CCC1. The Morgan fingerprint density at radius 1 is 1.57 bits per heavy atom. The molecule has 1 aliphatic rings. The van der Waals surface area contributed by atoms with Gasteiger partial charge in [-0.3, -0.25) is 0 Å². The monoisotopic (exact) mass is 217 g/mol. The summed E-state index contributed by atoms with van der Waals surface area (Å²) in [5.74, 6) is 0.291. The molecule has 1 rings (SSSR count). The van der Waals surface area contributed by atoms with Crippen LogP contribution in [0.15, 0.2) is 11.6 Å². The molecule has 0 saturated carbocycles. The van der Waals surface area contributed by atoms with Gasteiger partial charge in [-0.15, -0.1) is 0 Å². The number of sulfone groups is 1. The first-order valence-electron chi connectivity index (χ1n) is 5.10. The van der Waals surface area contributed by atoms with Crippen molar-refractivity contribution in [3.8, 4) is 0 Å². The standard InChI is InChI=1S/C10H19NO2S/c1-14(12,13)7-3-5-9-4-2-6-10(11)8-9/h8,10H,2-7,11H2,1H3. The quantitative estimate of drug-likeness (QED) is 0.721. The van der Waals surface area contributed by atoms with Crippen molar-refractivity contribution in [1.82, 2.24) is 0 Å². The van der Waals surface area contributed by atoms with Crippen LogP contribution in [-0.4, -0.2) is 26.5 Å². The Balaban J connectivity index is 2.31. The van der Waals surface area contributed by atoms with E-state index >= 15 is 0 Å². The first-order valence-corrected chi connectivity index (χ1v) is 7.16. The van der Waals surface area contributed by atoms with E-state index in [1.807, 2.05) is 0 Å². The molecular formula is C10H19NO2S. The summed E-state index contributed by atoms with van der Waals surface area (Å²) >= 11 is 0. The minimum absolute atomic E-state index is 0.192. The molecule has 1 atom stereocenters. The molecular weight excluding hydrogens is 198 g/mol. The third-order valence-electron chi connectivity index (χ3n) is 2.50. The topological polar surface area (TPSA) is 60.2 Å². The molecule has 0 saturated heterocycles. The summed E-state index contributed by atoms with van der Waals surface area (Å²) in [5, 5.41) is 0. The van der Waals surface area contributed by atoms with Gasteiger partial charge in [-0.2, -0.15) is 0 Å². The largest absolute Gasteiger partial charge is 0.324 e. The fourth-order valence-electron chi connectivity index (χ4n) is 1.80. The van der Waals surface area contributed by atoms with Crippen LogP contribution in [0.4, 0.5) is 0 Å². The fourth-order valence-corrected chi connectivity index (χ4v) is 2.47. The minimum atomic E-state index is -2.80. The van der Waals surface area contributed by atoms with E-state index in [2.05, 4.69) is 6.08 Å². The zero-order chi connectivity index (χ0) is 10.6. The van der Waals surface area contributed by atoms with Crippen LogP contribution in [0.1, 0.15) is 32.1 Å². The molecule has 0 fully saturated rings. The average molecular weight is 217 g/mol. The highest BCUT2D eigenvalue weighted by molar-refractivity contribution is 7.90. The lowest BCUT2D eigenvalue weighted by Crippen LogP contribution is -2.20. The third kappa shape index (κ3) is 4.77. The number of allylic oxidation sites excluding steroid dienone is 1. The van der Waals surface area contributed by atoms with E-state index in [4.69, 9.17) is 5.73 Å². The molecule has 0 bridgehead atoms. The maximum Gasteiger partial charge on any atom is 0.147 e. The van der Waals surface area contributed by atoms with E-state index in [0.29, 0.717) is 5.75 Å². The van der Waals surface area contributed by atoms with E-state index < -0.39 is 9.84 Å². The Kier molecular flexibility index (Phi) is 4.13. The van der Waals surface area contributed by atoms with Crippen LogP contribution < -0.4 is 5.73 Å². The van der Waals surface area contributed by atoms with Crippen molar-refractivity contribution in [3.05, 3.63) is 11.6 Å². The summed E-state index contributed by atoms with van der Waals surface area (Å²) in [7, 11) is -2.80. The van der Waals surface area contributed by atoms with Crippen LogP contribution in [0.3, 0.4) is 0 Å². The molecule has 2 N–H and O–H groups in total. The van der Waals surface area contributed by atoms with Crippen molar-refractivity contribution >= 4 is 9.84 Å². The second kappa shape index (κ2) is 4.94. The van der Waals surface area contributed by atoms with Gasteiger partial charge < -0.3 is 5.73 Å². The van der Waals surface area contributed by atoms with Crippen LogP contribution >= 0.6 is 0 Å². The molecule has 1 aliphatic carbocycles. The maximum absolute atomic E-state index is 10.9. The summed E-state index contributed by atoms with van der Waals surface area (Å²) in [6.45, 7) is 0. The van der Waals surface area contributed by atoms with Gasteiger partial charge in [-0.25, -0.2) is 8.42 Å². The molecule has 4 heteroatoms. The van der Waals surface area contributed by atoms with Gasteiger partial charge in [0.15, 0.2) is 0 Å². The van der Waals surface area contributed by atoms with Gasteiger partial charge in [0.05, 0.1) is 5.75 Å². The Morgan fingerprint density at radius 2 is 2.29 bits per heavy atom. The third-order valence-corrected chi connectivity index (χ3v) is 3.53. The maximum atomic E-state index is 10.9. The molecule has 0 aromatic rings. The highest BCUT2D eigenvalue weighted by Gasteiger charge is 2.10. The summed E-state index contributed by atoms with van der Waals surface area (Å²) < 4.78 is 21.8. The van der Waals surface area contributed by atoms with Crippen molar-refractivity contribution in [3.63, 3.8) is 0 Å². The van der Waals surface area contributed by atoms with Gasteiger partial charge in [0, 0.05) is 12.3 Å². The van der Waals surface area contributed by atoms with Crippen molar-refractivity contribution in [2.75, 3.05) is 12.0 Å². The zero-order valence-electron chi connectivity index (χ0n) is 8.70. The zero-order valence-corrected chi connectivity index (χ0v) is 9.52. The second-order valence-electron chi connectivity index (χ2n) is 4.11. The molecule has 0 radical (unpaired) electrons.